The number of aryl methyl sites for hydroxylation is 1. The van der Waals surface area contributed by atoms with Gasteiger partial charge in [0.2, 0.25) is 15.9 Å². The van der Waals surface area contributed by atoms with Gasteiger partial charge in [0.1, 0.15) is 17.4 Å². The van der Waals surface area contributed by atoms with Gasteiger partial charge in [0.25, 0.3) is 0 Å². The highest BCUT2D eigenvalue weighted by Gasteiger charge is 2.20. The van der Waals surface area contributed by atoms with Crippen LogP contribution in [0.3, 0.4) is 0 Å². The molecular formula is C22H24ClN3O4S2. The third kappa shape index (κ3) is 5.86. The Morgan fingerprint density at radius 2 is 1.88 bits per heavy atom. The maximum absolute atomic E-state index is 12.6. The number of aromatic nitrogens is 1. The molecule has 3 rings (SSSR count). The van der Waals surface area contributed by atoms with Crippen molar-refractivity contribution < 1.29 is 17.9 Å². The number of nitrogens with zero attached hydrogens (tertiary/aromatic N) is 2. The Bertz CT molecular complexity index is 1220. The lowest BCUT2D eigenvalue weighted by molar-refractivity contribution is -0.115. The zero-order chi connectivity index (χ0) is 23.5. The first-order chi connectivity index (χ1) is 15.1. The predicted octanol–water partition coefficient (Wildman–Crippen LogP) is 4.42. The van der Waals surface area contributed by atoms with Crippen LogP contribution in [0.15, 0.2) is 46.7 Å². The van der Waals surface area contributed by atoms with Crippen molar-refractivity contribution in [3.8, 4) is 5.75 Å². The minimum atomic E-state index is -3.61. The summed E-state index contributed by atoms with van der Waals surface area (Å²) in [5.74, 6) is 0.407. The van der Waals surface area contributed by atoms with Crippen LogP contribution < -0.4 is 10.1 Å². The van der Waals surface area contributed by atoms with E-state index in [0.717, 1.165) is 20.4 Å². The summed E-state index contributed by atoms with van der Waals surface area (Å²) in [6, 6.07) is 10.1. The van der Waals surface area contributed by atoms with Gasteiger partial charge in [0.05, 0.1) is 17.0 Å². The molecule has 0 unspecified atom stereocenters. The molecule has 7 nitrogen and oxygen atoms in total. The third-order valence-corrected chi connectivity index (χ3v) is 7.73. The fourth-order valence-corrected chi connectivity index (χ4v) is 4.69. The van der Waals surface area contributed by atoms with Crippen molar-refractivity contribution in [2.75, 3.05) is 19.4 Å². The van der Waals surface area contributed by atoms with E-state index in [2.05, 4.69) is 10.3 Å². The number of amides is 1. The highest BCUT2D eigenvalue weighted by atomic mass is 35.5. The Morgan fingerprint density at radius 3 is 2.53 bits per heavy atom. The molecule has 1 heterocycles. The number of hydrogen-bond acceptors (Lipinski definition) is 6. The second-order valence-electron chi connectivity index (χ2n) is 7.40. The summed E-state index contributed by atoms with van der Waals surface area (Å²) in [5, 5.41) is 6.01. The first kappa shape index (κ1) is 24.2. The van der Waals surface area contributed by atoms with Gasteiger partial charge in [0.15, 0.2) is 0 Å². The second-order valence-corrected chi connectivity index (χ2v) is 10.9. The van der Waals surface area contributed by atoms with Gasteiger partial charge in [-0.05, 0) is 61.4 Å². The average molecular weight is 494 g/mol. The first-order valence-corrected chi connectivity index (χ1v) is 12.4. The van der Waals surface area contributed by atoms with E-state index in [9.17, 15) is 13.2 Å². The molecule has 2 aromatic carbocycles. The number of nitrogens with one attached hydrogen (secondary N) is 1. The number of halogens is 1. The average Bonchev–Trinajstić information content (AvgIpc) is 3.17. The molecule has 0 spiro atoms. The standard InChI is InChI=1S/C22H24ClN3O4S2/c1-14-9-19(32(28,29)26(3)4)11-20(15(14)2)25-21(27)10-17-13-31-22(24-17)12-30-18-7-5-16(23)6-8-18/h5-9,11,13H,10,12H2,1-4H3,(H,25,27). The van der Waals surface area contributed by atoms with Gasteiger partial charge in [0, 0.05) is 30.2 Å². The molecule has 10 heteroatoms. The summed E-state index contributed by atoms with van der Waals surface area (Å²) < 4.78 is 31.8. The van der Waals surface area contributed by atoms with Crippen molar-refractivity contribution in [1.29, 1.82) is 0 Å². The van der Waals surface area contributed by atoms with Gasteiger partial charge < -0.3 is 10.1 Å². The van der Waals surface area contributed by atoms with E-state index in [0.29, 0.717) is 22.2 Å². The number of hydrogen-bond donors (Lipinski definition) is 1. The monoisotopic (exact) mass is 493 g/mol. The van der Waals surface area contributed by atoms with E-state index >= 15 is 0 Å². The second kappa shape index (κ2) is 9.99. The molecule has 3 aromatic rings. The molecule has 0 atom stereocenters. The van der Waals surface area contributed by atoms with Crippen LogP contribution in [0.5, 0.6) is 5.75 Å². The number of thiazole rings is 1. The van der Waals surface area contributed by atoms with E-state index in [1.807, 2.05) is 19.2 Å². The smallest absolute Gasteiger partial charge is 0.242 e. The number of carbonyl (C=O) groups is 1. The van der Waals surface area contributed by atoms with Gasteiger partial charge >= 0.3 is 0 Å². The molecule has 0 aliphatic rings. The van der Waals surface area contributed by atoms with Gasteiger partial charge in [-0.2, -0.15) is 0 Å². The SMILES string of the molecule is Cc1cc(S(=O)(=O)N(C)C)cc(NC(=O)Cc2csc(COc3ccc(Cl)cc3)n2)c1C. The largest absolute Gasteiger partial charge is 0.486 e. The van der Waals surface area contributed by atoms with Gasteiger partial charge in [-0.25, -0.2) is 17.7 Å². The lowest BCUT2D eigenvalue weighted by atomic mass is 10.1. The maximum atomic E-state index is 12.6. The molecule has 0 radical (unpaired) electrons. The van der Waals surface area contributed by atoms with Crippen LogP contribution in [0.2, 0.25) is 5.02 Å². The lowest BCUT2D eigenvalue weighted by Gasteiger charge is -2.16. The van der Waals surface area contributed by atoms with Crippen LogP contribution in [-0.4, -0.2) is 37.7 Å². The lowest BCUT2D eigenvalue weighted by Crippen LogP contribution is -2.23. The molecule has 170 valence electrons. The highest BCUT2D eigenvalue weighted by molar-refractivity contribution is 7.89. The number of benzene rings is 2. The van der Waals surface area contributed by atoms with Crippen molar-refractivity contribution in [3.63, 3.8) is 0 Å². The quantitative estimate of drug-likeness (QED) is 0.501. The Morgan fingerprint density at radius 1 is 1.19 bits per heavy atom. The normalized spacial score (nSPS) is 11.6. The van der Waals surface area contributed by atoms with E-state index in [-0.39, 0.29) is 23.8 Å². The minimum absolute atomic E-state index is 0.0700. The van der Waals surface area contributed by atoms with Crippen LogP contribution in [0.25, 0.3) is 0 Å². The molecule has 1 N–H and O–H groups in total. The summed E-state index contributed by atoms with van der Waals surface area (Å²) in [6.45, 7) is 3.94. The number of carbonyl (C=O) groups excluding carboxylic acids is 1. The fraction of sp³-hybridized carbons (Fsp3) is 0.273. The summed E-state index contributed by atoms with van der Waals surface area (Å²) in [5.41, 5.74) is 2.68. The molecule has 0 saturated heterocycles. The minimum Gasteiger partial charge on any atom is -0.486 e. The molecule has 0 aliphatic carbocycles. The van der Waals surface area contributed by atoms with Gasteiger partial charge in [-0.1, -0.05) is 11.6 Å². The topological polar surface area (TPSA) is 88.6 Å². The molecule has 0 fully saturated rings. The van der Waals surface area contributed by atoms with Crippen molar-refractivity contribution in [1.82, 2.24) is 9.29 Å². The van der Waals surface area contributed by atoms with Crippen molar-refractivity contribution in [3.05, 3.63) is 68.6 Å². The maximum Gasteiger partial charge on any atom is 0.242 e. The van der Waals surface area contributed by atoms with Crippen LogP contribution >= 0.6 is 22.9 Å². The number of anilines is 1. The summed E-state index contributed by atoms with van der Waals surface area (Å²) >= 11 is 7.27. The molecule has 1 aromatic heterocycles. The van der Waals surface area contributed by atoms with Crippen LogP contribution in [0.4, 0.5) is 5.69 Å². The number of rotatable bonds is 8. The Labute approximate surface area is 197 Å². The number of ether oxygens (including phenoxy) is 1. The highest BCUT2D eigenvalue weighted by Crippen LogP contribution is 2.26. The molecule has 0 saturated carbocycles. The molecular weight excluding hydrogens is 470 g/mol. The van der Waals surface area contributed by atoms with E-state index < -0.39 is 10.0 Å². The third-order valence-electron chi connectivity index (χ3n) is 4.81. The van der Waals surface area contributed by atoms with Crippen LogP contribution in [-0.2, 0) is 27.8 Å². The zero-order valence-electron chi connectivity index (χ0n) is 18.2. The van der Waals surface area contributed by atoms with Crippen LogP contribution in [0.1, 0.15) is 21.8 Å². The zero-order valence-corrected chi connectivity index (χ0v) is 20.6. The molecule has 0 aliphatic heterocycles. The van der Waals surface area contributed by atoms with Crippen molar-refractivity contribution in [2.24, 2.45) is 0 Å². The van der Waals surface area contributed by atoms with E-state index in [1.165, 1.54) is 31.5 Å². The molecule has 32 heavy (non-hydrogen) atoms. The van der Waals surface area contributed by atoms with Crippen molar-refractivity contribution >= 4 is 44.6 Å². The van der Waals surface area contributed by atoms with Crippen LogP contribution in [0, 0.1) is 13.8 Å². The van der Waals surface area contributed by atoms with E-state index in [4.69, 9.17) is 16.3 Å². The van der Waals surface area contributed by atoms with E-state index in [1.54, 1.807) is 30.3 Å². The predicted molar refractivity (Wildman–Crippen MR) is 127 cm³/mol. The van der Waals surface area contributed by atoms with Gasteiger partial charge in [-0.3, -0.25) is 4.79 Å². The molecule has 0 bridgehead atoms. The summed E-state index contributed by atoms with van der Waals surface area (Å²) in [7, 11) is -0.669. The van der Waals surface area contributed by atoms with Crippen molar-refractivity contribution in [2.45, 2.75) is 31.8 Å². The number of sulfonamides is 1. The Kier molecular flexibility index (Phi) is 7.55. The molecule has 1 amide bonds. The van der Waals surface area contributed by atoms with Gasteiger partial charge in [-0.15, -0.1) is 11.3 Å². The summed E-state index contributed by atoms with van der Waals surface area (Å²) in [6.07, 6.45) is 0.0700. The fourth-order valence-electron chi connectivity index (χ4n) is 2.85. The Balaban J connectivity index is 1.66. The Hall–Kier alpha value is -2.46. The summed E-state index contributed by atoms with van der Waals surface area (Å²) in [4.78, 5) is 17.2. The first-order valence-electron chi connectivity index (χ1n) is 9.71.